The Labute approximate surface area is 169 Å². The molecule has 0 aliphatic carbocycles. The van der Waals surface area contributed by atoms with E-state index in [1.54, 1.807) is 38.3 Å². The van der Waals surface area contributed by atoms with Crippen molar-refractivity contribution in [3.8, 4) is 5.75 Å². The summed E-state index contributed by atoms with van der Waals surface area (Å²) in [6, 6.07) is 13.8. The van der Waals surface area contributed by atoms with E-state index in [4.69, 9.17) is 9.84 Å². The molecule has 2 aromatic carbocycles. The van der Waals surface area contributed by atoms with E-state index in [-0.39, 0.29) is 6.61 Å². The Morgan fingerprint density at radius 3 is 2.41 bits per heavy atom. The van der Waals surface area contributed by atoms with Gasteiger partial charge in [0.15, 0.2) is 0 Å². The predicted molar refractivity (Wildman–Crippen MR) is 110 cm³/mol. The van der Waals surface area contributed by atoms with Crippen LogP contribution in [0.4, 0.5) is 10.5 Å². The number of carbonyl (C=O) groups is 2. The Balaban J connectivity index is 1.75. The van der Waals surface area contributed by atoms with Gasteiger partial charge in [0.05, 0.1) is 19.9 Å². The number of imide groups is 1. The van der Waals surface area contributed by atoms with E-state index in [1.807, 2.05) is 36.2 Å². The van der Waals surface area contributed by atoms with E-state index in [0.717, 1.165) is 16.3 Å². The van der Waals surface area contributed by atoms with Gasteiger partial charge in [0.1, 0.15) is 11.3 Å². The fraction of sp³-hybridized carbons (Fsp3) is 0.286. The number of aliphatic hydroxyl groups excluding tert-OH is 1. The number of nitrogens with zero attached hydrogens (tertiary/aromatic N) is 3. The largest absolute Gasteiger partial charge is 0.497 e. The molecule has 1 fully saturated rings. The molecular formula is C21H24N4O4. The van der Waals surface area contributed by atoms with Gasteiger partial charge in [-0.1, -0.05) is 24.3 Å². The summed E-state index contributed by atoms with van der Waals surface area (Å²) in [5.41, 5.74) is 1.13. The average molecular weight is 396 g/mol. The van der Waals surface area contributed by atoms with E-state index >= 15 is 0 Å². The average Bonchev–Trinajstić information content (AvgIpc) is 2.96. The first-order valence-electron chi connectivity index (χ1n) is 9.16. The number of methoxy groups -OCH3 is 1. The van der Waals surface area contributed by atoms with Crippen LogP contribution in [0.15, 0.2) is 53.6 Å². The van der Waals surface area contributed by atoms with Crippen LogP contribution in [-0.2, 0) is 10.3 Å². The van der Waals surface area contributed by atoms with Gasteiger partial charge in [-0.05, 0) is 42.3 Å². The van der Waals surface area contributed by atoms with E-state index in [0.29, 0.717) is 17.9 Å². The van der Waals surface area contributed by atoms with Crippen molar-refractivity contribution in [3.63, 3.8) is 0 Å². The summed E-state index contributed by atoms with van der Waals surface area (Å²) in [6.45, 7) is 2.25. The Morgan fingerprint density at radius 1 is 1.17 bits per heavy atom. The molecule has 8 heteroatoms. The molecule has 0 aromatic heterocycles. The van der Waals surface area contributed by atoms with Crippen molar-refractivity contribution in [1.82, 2.24) is 10.3 Å². The molecule has 1 heterocycles. The fourth-order valence-electron chi connectivity index (χ4n) is 3.07. The molecule has 3 amide bonds. The van der Waals surface area contributed by atoms with Crippen LogP contribution in [0.25, 0.3) is 0 Å². The van der Waals surface area contributed by atoms with Gasteiger partial charge in [-0.2, -0.15) is 5.10 Å². The number of hydrazone groups is 1. The molecule has 1 atom stereocenters. The SMILES string of the molecule is COc1ccc(C2(C)NC(=O)N(/N=C/c3ccc(N(C)CCO)cc3)C2=O)cc1. The maximum Gasteiger partial charge on any atom is 0.346 e. The van der Waals surface area contributed by atoms with Crippen molar-refractivity contribution in [2.75, 3.05) is 32.2 Å². The van der Waals surface area contributed by atoms with Gasteiger partial charge in [0, 0.05) is 19.3 Å². The van der Waals surface area contributed by atoms with Crippen molar-refractivity contribution >= 4 is 23.8 Å². The first-order valence-corrected chi connectivity index (χ1v) is 9.16. The summed E-state index contributed by atoms with van der Waals surface area (Å²) in [5, 5.41) is 16.7. The number of amides is 3. The van der Waals surface area contributed by atoms with Crippen LogP contribution in [0, 0.1) is 0 Å². The summed E-state index contributed by atoms with van der Waals surface area (Å²) in [6.07, 6.45) is 1.47. The van der Waals surface area contributed by atoms with Crippen LogP contribution in [0.3, 0.4) is 0 Å². The van der Waals surface area contributed by atoms with Crippen molar-refractivity contribution < 1.29 is 19.4 Å². The molecule has 2 N–H and O–H groups in total. The molecule has 3 rings (SSSR count). The number of urea groups is 1. The standard InChI is InChI=1S/C21H24N4O4/c1-21(16-6-10-18(29-3)11-7-16)19(27)25(20(28)23-21)22-14-15-4-8-17(9-5-15)24(2)12-13-26/h4-11,14,26H,12-13H2,1-3H3,(H,23,28)/b22-14+. The lowest BCUT2D eigenvalue weighted by atomic mass is 9.92. The fourth-order valence-corrected chi connectivity index (χ4v) is 3.07. The zero-order valence-corrected chi connectivity index (χ0v) is 16.6. The molecular weight excluding hydrogens is 372 g/mol. The number of anilines is 1. The van der Waals surface area contributed by atoms with Crippen LogP contribution in [0.2, 0.25) is 0 Å². The number of nitrogens with one attached hydrogen (secondary N) is 1. The topological polar surface area (TPSA) is 94.5 Å². The molecule has 152 valence electrons. The molecule has 0 saturated carbocycles. The van der Waals surface area contributed by atoms with E-state index in [2.05, 4.69) is 10.4 Å². The van der Waals surface area contributed by atoms with Crippen LogP contribution >= 0.6 is 0 Å². The Morgan fingerprint density at radius 2 is 1.83 bits per heavy atom. The van der Waals surface area contributed by atoms with Gasteiger partial charge >= 0.3 is 6.03 Å². The number of benzene rings is 2. The minimum absolute atomic E-state index is 0.0683. The van der Waals surface area contributed by atoms with E-state index < -0.39 is 17.5 Å². The molecule has 0 bridgehead atoms. The first kappa shape index (κ1) is 20.3. The van der Waals surface area contributed by atoms with E-state index in [9.17, 15) is 9.59 Å². The quantitative estimate of drug-likeness (QED) is 0.551. The second-order valence-corrected chi connectivity index (χ2v) is 6.88. The van der Waals surface area contributed by atoms with Crippen LogP contribution < -0.4 is 15.0 Å². The number of carbonyl (C=O) groups excluding carboxylic acids is 2. The van der Waals surface area contributed by atoms with Gasteiger partial charge in [-0.15, -0.1) is 5.01 Å². The van der Waals surface area contributed by atoms with Gasteiger partial charge in [0.25, 0.3) is 5.91 Å². The van der Waals surface area contributed by atoms with Gasteiger partial charge in [-0.3, -0.25) is 4.79 Å². The molecule has 0 radical (unpaired) electrons. The summed E-state index contributed by atoms with van der Waals surface area (Å²) in [4.78, 5) is 27.2. The highest BCUT2D eigenvalue weighted by Crippen LogP contribution is 2.30. The number of likely N-dealkylation sites (N-methyl/N-ethyl adjacent to an activating group) is 1. The second kappa shape index (κ2) is 8.32. The van der Waals surface area contributed by atoms with Crippen LogP contribution in [-0.4, -0.2) is 55.6 Å². The second-order valence-electron chi connectivity index (χ2n) is 6.88. The van der Waals surface area contributed by atoms with Gasteiger partial charge < -0.3 is 20.1 Å². The lowest BCUT2D eigenvalue weighted by Gasteiger charge is -2.21. The summed E-state index contributed by atoms with van der Waals surface area (Å²) >= 11 is 0. The molecule has 0 spiro atoms. The monoisotopic (exact) mass is 396 g/mol. The molecule has 29 heavy (non-hydrogen) atoms. The number of hydrogen-bond donors (Lipinski definition) is 2. The maximum absolute atomic E-state index is 12.9. The third-order valence-electron chi connectivity index (χ3n) is 4.93. The minimum atomic E-state index is -1.20. The van der Waals surface area contributed by atoms with Gasteiger partial charge in [0.2, 0.25) is 0 Å². The Kier molecular flexibility index (Phi) is 5.84. The number of aliphatic hydroxyl groups is 1. The Hall–Kier alpha value is -3.39. The minimum Gasteiger partial charge on any atom is -0.497 e. The number of ether oxygens (including phenoxy) is 1. The predicted octanol–water partition coefficient (Wildman–Crippen LogP) is 1.92. The molecule has 1 aliphatic heterocycles. The third-order valence-corrected chi connectivity index (χ3v) is 4.93. The van der Waals surface area contributed by atoms with Crippen molar-refractivity contribution in [3.05, 3.63) is 59.7 Å². The highest BCUT2D eigenvalue weighted by molar-refractivity contribution is 6.07. The zero-order valence-electron chi connectivity index (χ0n) is 16.6. The van der Waals surface area contributed by atoms with Crippen molar-refractivity contribution in [2.24, 2.45) is 5.10 Å². The molecule has 1 aliphatic rings. The van der Waals surface area contributed by atoms with Crippen molar-refractivity contribution in [1.29, 1.82) is 0 Å². The van der Waals surface area contributed by atoms with Gasteiger partial charge in [-0.25, -0.2) is 4.79 Å². The Bertz CT molecular complexity index is 911. The lowest BCUT2D eigenvalue weighted by molar-refractivity contribution is -0.131. The van der Waals surface area contributed by atoms with Crippen LogP contribution in [0.1, 0.15) is 18.1 Å². The summed E-state index contributed by atoms with van der Waals surface area (Å²) < 4.78 is 5.14. The summed E-state index contributed by atoms with van der Waals surface area (Å²) in [5.74, 6) is 0.209. The van der Waals surface area contributed by atoms with E-state index in [1.165, 1.54) is 6.21 Å². The highest BCUT2D eigenvalue weighted by atomic mass is 16.5. The first-order chi connectivity index (χ1) is 13.9. The lowest BCUT2D eigenvalue weighted by Crippen LogP contribution is -2.40. The number of rotatable bonds is 7. The number of hydrogen-bond acceptors (Lipinski definition) is 6. The third kappa shape index (κ3) is 4.07. The molecule has 2 aromatic rings. The van der Waals surface area contributed by atoms with Crippen molar-refractivity contribution in [2.45, 2.75) is 12.5 Å². The molecule has 8 nitrogen and oxygen atoms in total. The smallest absolute Gasteiger partial charge is 0.346 e. The molecule has 1 saturated heterocycles. The maximum atomic E-state index is 12.9. The zero-order chi connectivity index (χ0) is 21.0. The van der Waals surface area contributed by atoms with Crippen LogP contribution in [0.5, 0.6) is 5.75 Å². The normalized spacial score (nSPS) is 19.0. The summed E-state index contributed by atoms with van der Waals surface area (Å²) in [7, 11) is 3.44. The highest BCUT2D eigenvalue weighted by Gasteiger charge is 2.49. The molecule has 1 unspecified atom stereocenters.